The summed E-state index contributed by atoms with van der Waals surface area (Å²) >= 11 is 0. The summed E-state index contributed by atoms with van der Waals surface area (Å²) in [6, 6.07) is 0. The number of carbonyl (C=O) groups excluding carboxylic acids is 1. The molecule has 1 rings (SSSR count). The molecule has 1 heterocycles. The largest absolute Gasteiger partial charge is 0.495 e. The first-order valence-electron chi connectivity index (χ1n) is 4.16. The molecule has 0 radical (unpaired) electrons. The quantitative estimate of drug-likeness (QED) is 0.609. The fourth-order valence-electron chi connectivity index (χ4n) is 1.34. The lowest BCUT2D eigenvalue weighted by atomic mass is 9.93. The summed E-state index contributed by atoms with van der Waals surface area (Å²) in [5.41, 5.74) is -1.15. The molecule has 0 aromatic carbocycles. The number of hydrogen-bond donors (Lipinski definition) is 1. The van der Waals surface area contributed by atoms with Crippen LogP contribution < -0.4 is 0 Å². The highest BCUT2D eigenvalue weighted by Crippen LogP contribution is 2.24. The van der Waals surface area contributed by atoms with Gasteiger partial charge in [0.2, 0.25) is 0 Å². The van der Waals surface area contributed by atoms with Crippen molar-refractivity contribution < 1.29 is 19.4 Å². The molecule has 1 aliphatic rings. The molecular formula is C9H14O4. The predicted octanol–water partition coefficient (Wildman–Crippen LogP) is 0.601. The number of carbonyl (C=O) groups is 1. The summed E-state index contributed by atoms with van der Waals surface area (Å²) in [5, 5.41) is 9.81. The van der Waals surface area contributed by atoms with E-state index in [-0.39, 0.29) is 6.10 Å². The molecule has 74 valence electrons. The van der Waals surface area contributed by atoms with Crippen LogP contribution >= 0.6 is 0 Å². The predicted molar refractivity (Wildman–Crippen MR) is 45.9 cm³/mol. The Bertz CT molecular complexity index is 232. The fourth-order valence-corrected chi connectivity index (χ4v) is 1.34. The Morgan fingerprint density at radius 2 is 2.31 bits per heavy atom. The zero-order valence-electron chi connectivity index (χ0n) is 7.98. The zero-order chi connectivity index (χ0) is 10.1. The lowest BCUT2D eigenvalue weighted by Gasteiger charge is -2.36. The van der Waals surface area contributed by atoms with Gasteiger partial charge >= 0.3 is 5.97 Å². The molecule has 0 unspecified atom stereocenters. The van der Waals surface area contributed by atoms with Crippen LogP contribution in [0.4, 0.5) is 0 Å². The van der Waals surface area contributed by atoms with Crippen LogP contribution in [0.3, 0.4) is 0 Å². The van der Waals surface area contributed by atoms with E-state index in [0.717, 1.165) is 0 Å². The van der Waals surface area contributed by atoms with Crippen molar-refractivity contribution in [3.63, 3.8) is 0 Å². The Labute approximate surface area is 77.1 Å². The van der Waals surface area contributed by atoms with Crippen LogP contribution in [-0.4, -0.2) is 28.9 Å². The third-order valence-corrected chi connectivity index (χ3v) is 1.99. The minimum absolute atomic E-state index is 0.330. The van der Waals surface area contributed by atoms with Crippen molar-refractivity contribution in [1.29, 1.82) is 0 Å². The van der Waals surface area contributed by atoms with Gasteiger partial charge < -0.3 is 14.6 Å². The Balaban J connectivity index is 2.78. The summed E-state index contributed by atoms with van der Waals surface area (Å²) in [5.74, 6) is -0.420. The van der Waals surface area contributed by atoms with E-state index < -0.39 is 17.7 Å². The van der Waals surface area contributed by atoms with Gasteiger partial charge in [0.15, 0.2) is 6.10 Å². The Morgan fingerprint density at radius 1 is 1.69 bits per heavy atom. The van der Waals surface area contributed by atoms with Crippen molar-refractivity contribution in [3.8, 4) is 0 Å². The van der Waals surface area contributed by atoms with E-state index in [9.17, 15) is 9.90 Å². The van der Waals surface area contributed by atoms with Crippen LogP contribution in [0.15, 0.2) is 12.3 Å². The molecule has 4 heteroatoms. The van der Waals surface area contributed by atoms with E-state index in [4.69, 9.17) is 9.47 Å². The highest BCUT2D eigenvalue weighted by atomic mass is 16.6. The molecule has 0 bridgehead atoms. The Morgan fingerprint density at radius 3 is 2.77 bits per heavy atom. The van der Waals surface area contributed by atoms with Gasteiger partial charge in [-0.25, -0.2) is 0 Å². The standard InChI is InChI=1S/C9H14O4/c1-6-8(13-7(2)10)9(3,11)4-5-12-6/h4-6,8,11H,1-3H3/t6-,8-,9-/m0/s1. The summed E-state index contributed by atoms with van der Waals surface area (Å²) in [4.78, 5) is 10.7. The summed E-state index contributed by atoms with van der Waals surface area (Å²) in [6.07, 6.45) is 1.92. The molecule has 0 aromatic heterocycles. The Kier molecular flexibility index (Phi) is 2.61. The van der Waals surface area contributed by atoms with Gasteiger partial charge in [0.1, 0.15) is 11.7 Å². The first-order chi connectivity index (χ1) is 5.93. The van der Waals surface area contributed by atoms with Crippen molar-refractivity contribution in [2.75, 3.05) is 0 Å². The molecular weight excluding hydrogens is 172 g/mol. The van der Waals surface area contributed by atoms with Crippen molar-refractivity contribution in [3.05, 3.63) is 12.3 Å². The van der Waals surface area contributed by atoms with Crippen molar-refractivity contribution in [2.24, 2.45) is 0 Å². The van der Waals surface area contributed by atoms with Crippen molar-refractivity contribution >= 4 is 5.97 Å². The second-order valence-corrected chi connectivity index (χ2v) is 3.40. The van der Waals surface area contributed by atoms with Crippen LogP contribution in [0, 0.1) is 0 Å². The summed E-state index contributed by atoms with van der Waals surface area (Å²) < 4.78 is 10.1. The topological polar surface area (TPSA) is 55.8 Å². The number of esters is 1. The molecule has 13 heavy (non-hydrogen) atoms. The smallest absolute Gasteiger partial charge is 0.303 e. The van der Waals surface area contributed by atoms with E-state index in [2.05, 4.69) is 0 Å². The Hall–Kier alpha value is -1.03. The number of ether oxygens (including phenoxy) is 2. The minimum atomic E-state index is -1.15. The monoisotopic (exact) mass is 186 g/mol. The maximum absolute atomic E-state index is 10.7. The van der Waals surface area contributed by atoms with E-state index in [1.807, 2.05) is 0 Å². The summed E-state index contributed by atoms with van der Waals surface area (Å²) in [6.45, 7) is 4.63. The molecule has 0 saturated heterocycles. The molecule has 0 amide bonds. The molecule has 1 N–H and O–H groups in total. The van der Waals surface area contributed by atoms with Crippen LogP contribution in [0.25, 0.3) is 0 Å². The van der Waals surface area contributed by atoms with Gasteiger partial charge in [0, 0.05) is 6.92 Å². The maximum Gasteiger partial charge on any atom is 0.303 e. The molecule has 0 aliphatic carbocycles. The highest BCUT2D eigenvalue weighted by molar-refractivity contribution is 5.66. The third kappa shape index (κ3) is 2.21. The van der Waals surface area contributed by atoms with E-state index >= 15 is 0 Å². The second kappa shape index (κ2) is 3.38. The first kappa shape index (κ1) is 10.1. The van der Waals surface area contributed by atoms with Crippen LogP contribution in [-0.2, 0) is 14.3 Å². The molecule has 0 aromatic rings. The normalized spacial score (nSPS) is 38.2. The SMILES string of the molecule is CC(=O)O[C@H]1[C@H](C)OC=C[C@]1(C)O. The van der Waals surface area contributed by atoms with Crippen LogP contribution in [0.2, 0.25) is 0 Å². The third-order valence-electron chi connectivity index (χ3n) is 1.99. The van der Waals surface area contributed by atoms with Crippen LogP contribution in [0.5, 0.6) is 0 Å². The van der Waals surface area contributed by atoms with Gasteiger partial charge in [-0.2, -0.15) is 0 Å². The van der Waals surface area contributed by atoms with Gasteiger partial charge in [-0.05, 0) is 19.9 Å². The van der Waals surface area contributed by atoms with E-state index in [1.165, 1.54) is 19.3 Å². The van der Waals surface area contributed by atoms with Crippen molar-refractivity contribution in [2.45, 2.75) is 38.6 Å². The zero-order valence-corrected chi connectivity index (χ0v) is 7.98. The van der Waals surface area contributed by atoms with Gasteiger partial charge in [-0.1, -0.05) is 0 Å². The molecule has 3 atom stereocenters. The molecule has 4 nitrogen and oxygen atoms in total. The summed E-state index contributed by atoms with van der Waals surface area (Å²) in [7, 11) is 0. The molecule has 0 fully saturated rings. The second-order valence-electron chi connectivity index (χ2n) is 3.40. The van der Waals surface area contributed by atoms with Gasteiger partial charge in [-0.15, -0.1) is 0 Å². The lowest BCUT2D eigenvalue weighted by molar-refractivity contribution is -0.172. The van der Waals surface area contributed by atoms with Gasteiger partial charge in [0.25, 0.3) is 0 Å². The lowest BCUT2D eigenvalue weighted by Crippen LogP contribution is -2.49. The highest BCUT2D eigenvalue weighted by Gasteiger charge is 2.40. The van der Waals surface area contributed by atoms with Crippen molar-refractivity contribution in [1.82, 2.24) is 0 Å². The van der Waals surface area contributed by atoms with Crippen LogP contribution in [0.1, 0.15) is 20.8 Å². The molecule has 0 saturated carbocycles. The number of rotatable bonds is 1. The minimum Gasteiger partial charge on any atom is -0.495 e. The average molecular weight is 186 g/mol. The molecule has 1 aliphatic heterocycles. The number of aliphatic hydroxyl groups is 1. The van der Waals surface area contributed by atoms with Gasteiger partial charge in [-0.3, -0.25) is 4.79 Å². The first-order valence-corrected chi connectivity index (χ1v) is 4.16. The molecule has 0 spiro atoms. The van der Waals surface area contributed by atoms with E-state index in [1.54, 1.807) is 13.8 Å². The van der Waals surface area contributed by atoms with E-state index in [0.29, 0.717) is 0 Å². The maximum atomic E-state index is 10.7. The van der Waals surface area contributed by atoms with Gasteiger partial charge in [0.05, 0.1) is 6.26 Å². The average Bonchev–Trinajstić information content (AvgIpc) is 1.96. The number of hydrogen-bond acceptors (Lipinski definition) is 4. The fraction of sp³-hybridized carbons (Fsp3) is 0.667.